The fourth-order valence-electron chi connectivity index (χ4n) is 1.79. The van der Waals surface area contributed by atoms with Crippen molar-refractivity contribution in [1.82, 2.24) is 0 Å². The van der Waals surface area contributed by atoms with Crippen molar-refractivity contribution < 1.29 is 5.11 Å². The van der Waals surface area contributed by atoms with E-state index in [0.29, 0.717) is 0 Å². The molecule has 1 nitrogen and oxygen atoms in total. The summed E-state index contributed by atoms with van der Waals surface area (Å²) in [5.41, 5.74) is 2.87. The summed E-state index contributed by atoms with van der Waals surface area (Å²) >= 11 is 5.25. The van der Waals surface area contributed by atoms with Crippen LogP contribution < -0.4 is 0 Å². The lowest BCUT2D eigenvalue weighted by Crippen LogP contribution is -2.01. The maximum Gasteiger partial charge on any atom is 0.0777 e. The molecule has 0 fully saturated rings. The lowest BCUT2D eigenvalue weighted by molar-refractivity contribution is 0.284. The van der Waals surface area contributed by atoms with E-state index in [-0.39, 0.29) is 6.61 Å². The van der Waals surface area contributed by atoms with Crippen LogP contribution in [0.2, 0.25) is 0 Å². The van der Waals surface area contributed by atoms with Crippen molar-refractivity contribution in [3.63, 3.8) is 0 Å². The summed E-state index contributed by atoms with van der Waals surface area (Å²) in [5.74, 6) is 0. The Morgan fingerprint density at radius 2 is 1.92 bits per heavy atom. The lowest BCUT2D eigenvalue weighted by Gasteiger charge is -2.12. The van der Waals surface area contributed by atoms with Gasteiger partial charge in [0.2, 0.25) is 0 Å². The minimum absolute atomic E-state index is 0.207. The van der Waals surface area contributed by atoms with E-state index in [4.69, 9.17) is 5.11 Å². The van der Waals surface area contributed by atoms with Gasteiger partial charge in [0.05, 0.1) is 10.4 Å². The second-order valence-corrected chi connectivity index (χ2v) is 5.54. The largest absolute Gasteiger partial charge is 0.391 e. The maximum absolute atomic E-state index is 9.10. The summed E-state index contributed by atoms with van der Waals surface area (Å²) < 4.78 is 1.24. The van der Waals surface area contributed by atoms with Crippen molar-refractivity contribution in [2.75, 3.05) is 0 Å². The van der Waals surface area contributed by atoms with Gasteiger partial charge in [0.25, 0.3) is 0 Å². The molecule has 3 heteroatoms. The van der Waals surface area contributed by atoms with Crippen molar-refractivity contribution in [2.24, 2.45) is 0 Å². The molecule has 0 unspecified atom stereocenters. The number of halogens is 1. The van der Waals surface area contributed by atoms with E-state index >= 15 is 0 Å². The summed E-state index contributed by atoms with van der Waals surface area (Å²) in [4.78, 5) is 1.16. The molecular formula is C9H11BrOS. The lowest BCUT2D eigenvalue weighted by atomic mass is 9.94. The SMILES string of the molecule is OCc1sc(Br)c2c1CCCC2. The Labute approximate surface area is 84.6 Å². The number of rotatable bonds is 1. The van der Waals surface area contributed by atoms with Crippen LogP contribution in [-0.4, -0.2) is 5.11 Å². The van der Waals surface area contributed by atoms with Gasteiger partial charge in [-0.1, -0.05) is 0 Å². The average molecular weight is 247 g/mol. The zero-order chi connectivity index (χ0) is 8.55. The van der Waals surface area contributed by atoms with E-state index in [1.807, 2.05) is 0 Å². The zero-order valence-corrected chi connectivity index (χ0v) is 9.17. The van der Waals surface area contributed by atoms with Gasteiger partial charge in [-0.25, -0.2) is 0 Å². The van der Waals surface area contributed by atoms with E-state index in [0.717, 1.165) is 11.3 Å². The molecular weight excluding hydrogens is 236 g/mol. The first-order chi connectivity index (χ1) is 5.83. The molecule has 0 amide bonds. The summed E-state index contributed by atoms with van der Waals surface area (Å²) in [6.45, 7) is 0.207. The van der Waals surface area contributed by atoms with Gasteiger partial charge in [-0.2, -0.15) is 0 Å². The van der Waals surface area contributed by atoms with Crippen LogP contribution >= 0.6 is 27.3 Å². The number of hydrogen-bond donors (Lipinski definition) is 1. The third-order valence-corrected chi connectivity index (χ3v) is 4.41. The topological polar surface area (TPSA) is 20.2 Å². The molecule has 1 aliphatic carbocycles. The molecule has 1 heterocycles. The fourth-order valence-corrected chi connectivity index (χ4v) is 3.79. The maximum atomic E-state index is 9.10. The van der Waals surface area contributed by atoms with E-state index < -0.39 is 0 Å². The van der Waals surface area contributed by atoms with Gasteiger partial charge < -0.3 is 5.11 Å². The first-order valence-electron chi connectivity index (χ1n) is 4.22. The highest BCUT2D eigenvalue weighted by atomic mass is 79.9. The number of aliphatic hydroxyl groups excluding tert-OH is 1. The van der Waals surface area contributed by atoms with Gasteiger partial charge >= 0.3 is 0 Å². The van der Waals surface area contributed by atoms with E-state index in [1.54, 1.807) is 11.3 Å². The molecule has 2 rings (SSSR count). The highest BCUT2D eigenvalue weighted by Gasteiger charge is 2.18. The highest BCUT2D eigenvalue weighted by molar-refractivity contribution is 9.11. The zero-order valence-electron chi connectivity index (χ0n) is 6.77. The van der Waals surface area contributed by atoms with Crippen molar-refractivity contribution in [3.8, 4) is 0 Å². The molecule has 0 bridgehead atoms. The molecule has 0 atom stereocenters. The van der Waals surface area contributed by atoms with Crippen LogP contribution in [0, 0.1) is 0 Å². The van der Waals surface area contributed by atoms with E-state index in [9.17, 15) is 0 Å². The molecule has 1 N–H and O–H groups in total. The number of fused-ring (bicyclic) bond motifs is 1. The molecule has 1 aromatic rings. The minimum atomic E-state index is 0.207. The fraction of sp³-hybridized carbons (Fsp3) is 0.556. The normalized spacial score (nSPS) is 16.2. The summed E-state index contributed by atoms with van der Waals surface area (Å²) in [6, 6.07) is 0. The van der Waals surface area contributed by atoms with Gasteiger partial charge in [-0.05, 0) is 52.7 Å². The Hall–Kier alpha value is 0.140. The Bertz CT molecular complexity index is 293. The minimum Gasteiger partial charge on any atom is -0.391 e. The summed E-state index contributed by atoms with van der Waals surface area (Å²) in [5, 5.41) is 9.10. The van der Waals surface area contributed by atoms with Crippen LogP contribution in [0.15, 0.2) is 3.79 Å². The predicted octanol–water partition coefficient (Wildman–Crippen LogP) is 2.88. The second-order valence-electron chi connectivity index (χ2n) is 3.12. The number of aliphatic hydroxyl groups is 1. The standard InChI is InChI=1S/C9H11BrOS/c10-9-7-4-2-1-3-6(7)8(5-11)12-9/h11H,1-5H2. The van der Waals surface area contributed by atoms with Crippen LogP contribution in [0.1, 0.15) is 28.8 Å². The molecule has 0 aromatic carbocycles. The first kappa shape index (κ1) is 8.73. The molecule has 0 saturated carbocycles. The van der Waals surface area contributed by atoms with Gasteiger partial charge in [0.1, 0.15) is 0 Å². The van der Waals surface area contributed by atoms with Crippen molar-refractivity contribution in [3.05, 3.63) is 19.8 Å². The van der Waals surface area contributed by atoms with Crippen LogP contribution in [0.25, 0.3) is 0 Å². The second kappa shape index (κ2) is 3.48. The Morgan fingerprint density at radius 1 is 1.25 bits per heavy atom. The van der Waals surface area contributed by atoms with Gasteiger partial charge in [0.15, 0.2) is 0 Å². The number of thiophene rings is 1. The monoisotopic (exact) mass is 246 g/mol. The van der Waals surface area contributed by atoms with Gasteiger partial charge in [-0.15, -0.1) is 11.3 Å². The van der Waals surface area contributed by atoms with Gasteiger partial charge in [0, 0.05) is 4.88 Å². The molecule has 1 aliphatic rings. The highest BCUT2D eigenvalue weighted by Crippen LogP contribution is 2.37. The quantitative estimate of drug-likeness (QED) is 0.809. The van der Waals surface area contributed by atoms with E-state index in [2.05, 4.69) is 15.9 Å². The third kappa shape index (κ3) is 1.34. The molecule has 66 valence electrons. The molecule has 0 aliphatic heterocycles. The molecule has 12 heavy (non-hydrogen) atoms. The van der Waals surface area contributed by atoms with Crippen molar-refractivity contribution in [2.45, 2.75) is 32.3 Å². The van der Waals surface area contributed by atoms with Gasteiger partial charge in [-0.3, -0.25) is 0 Å². The van der Waals surface area contributed by atoms with Crippen molar-refractivity contribution in [1.29, 1.82) is 0 Å². The predicted molar refractivity (Wildman–Crippen MR) is 54.6 cm³/mol. The number of hydrogen-bond acceptors (Lipinski definition) is 2. The summed E-state index contributed by atoms with van der Waals surface area (Å²) in [6.07, 6.45) is 4.93. The van der Waals surface area contributed by atoms with E-state index in [1.165, 1.54) is 34.2 Å². The van der Waals surface area contributed by atoms with Crippen LogP contribution in [0.4, 0.5) is 0 Å². The molecule has 0 saturated heterocycles. The Morgan fingerprint density at radius 3 is 2.58 bits per heavy atom. The molecule has 0 spiro atoms. The third-order valence-electron chi connectivity index (χ3n) is 2.40. The van der Waals surface area contributed by atoms with Crippen LogP contribution in [0.3, 0.4) is 0 Å². The first-order valence-corrected chi connectivity index (χ1v) is 5.83. The smallest absolute Gasteiger partial charge is 0.0777 e. The molecule has 0 radical (unpaired) electrons. The Balaban J connectivity index is 2.47. The molecule has 1 aromatic heterocycles. The Kier molecular flexibility index (Phi) is 2.53. The summed E-state index contributed by atoms with van der Waals surface area (Å²) in [7, 11) is 0. The van der Waals surface area contributed by atoms with Crippen molar-refractivity contribution >= 4 is 27.3 Å². The average Bonchev–Trinajstić information content (AvgIpc) is 2.44. The van der Waals surface area contributed by atoms with Crippen LogP contribution in [0.5, 0.6) is 0 Å². The van der Waals surface area contributed by atoms with Crippen LogP contribution in [-0.2, 0) is 19.4 Å².